The first-order chi connectivity index (χ1) is 8.67. The average Bonchev–Trinajstić information content (AvgIpc) is 2.74. The first kappa shape index (κ1) is 12.4. The fourth-order valence-electron chi connectivity index (χ4n) is 1.57. The molecule has 0 spiro atoms. The summed E-state index contributed by atoms with van der Waals surface area (Å²) in [6.45, 7) is 0.690. The van der Waals surface area contributed by atoms with Crippen molar-refractivity contribution in [3.05, 3.63) is 40.8 Å². The van der Waals surface area contributed by atoms with Crippen molar-refractivity contribution < 1.29 is 0 Å². The maximum absolute atomic E-state index is 8.82. The molecule has 2 rings (SSSR count). The Morgan fingerprint density at radius 1 is 1.50 bits per heavy atom. The number of halogens is 1. The second kappa shape index (κ2) is 5.52. The summed E-state index contributed by atoms with van der Waals surface area (Å²) in [5, 5.41) is 16.5. The van der Waals surface area contributed by atoms with Crippen LogP contribution in [0.3, 0.4) is 0 Å². The smallest absolute Gasteiger partial charge is 0.132 e. The lowest BCUT2D eigenvalue weighted by molar-refractivity contribution is 0.742. The highest BCUT2D eigenvalue weighted by atomic mass is 35.5. The molecule has 0 fully saturated rings. The number of rotatable bonds is 4. The Hall–Kier alpha value is -2.06. The first-order valence-corrected chi connectivity index (χ1v) is 5.85. The van der Waals surface area contributed by atoms with Crippen molar-refractivity contribution in [2.24, 2.45) is 7.05 Å². The van der Waals surface area contributed by atoms with Crippen LogP contribution in [0.15, 0.2) is 24.4 Å². The molecule has 0 radical (unpaired) electrons. The fraction of sp³-hybridized carbons (Fsp3) is 0.250. The molecule has 18 heavy (non-hydrogen) atoms. The lowest BCUT2D eigenvalue weighted by Crippen LogP contribution is -2.07. The monoisotopic (exact) mass is 261 g/mol. The zero-order valence-electron chi connectivity index (χ0n) is 9.89. The van der Waals surface area contributed by atoms with Crippen LogP contribution >= 0.6 is 11.6 Å². The van der Waals surface area contributed by atoms with Crippen molar-refractivity contribution in [1.29, 1.82) is 5.26 Å². The van der Waals surface area contributed by atoms with Gasteiger partial charge in [-0.25, -0.2) is 4.98 Å². The van der Waals surface area contributed by atoms with Crippen LogP contribution < -0.4 is 5.32 Å². The van der Waals surface area contributed by atoms with Gasteiger partial charge in [0, 0.05) is 26.2 Å². The molecule has 92 valence electrons. The topological polar surface area (TPSA) is 66.5 Å². The van der Waals surface area contributed by atoms with Gasteiger partial charge in [0.15, 0.2) is 0 Å². The van der Waals surface area contributed by atoms with E-state index in [4.69, 9.17) is 16.9 Å². The minimum atomic E-state index is 0.314. The molecule has 6 heteroatoms. The molecule has 2 aromatic heterocycles. The molecule has 0 saturated carbocycles. The van der Waals surface area contributed by atoms with Crippen LogP contribution in [0.2, 0.25) is 5.15 Å². The van der Waals surface area contributed by atoms with E-state index in [1.165, 1.54) is 6.07 Å². The van der Waals surface area contributed by atoms with Crippen molar-refractivity contribution in [2.75, 3.05) is 11.9 Å². The summed E-state index contributed by atoms with van der Waals surface area (Å²) < 4.78 is 1.76. The predicted octanol–water partition coefficient (Wildman–Crippen LogP) is 1.99. The molecular formula is C12H12ClN5. The van der Waals surface area contributed by atoms with E-state index in [0.29, 0.717) is 23.1 Å². The molecule has 0 saturated heterocycles. The summed E-state index contributed by atoms with van der Waals surface area (Å²) in [7, 11) is 1.88. The summed E-state index contributed by atoms with van der Waals surface area (Å²) in [6.07, 6.45) is 2.69. The van der Waals surface area contributed by atoms with Gasteiger partial charge in [0.05, 0.1) is 17.3 Å². The van der Waals surface area contributed by atoms with E-state index >= 15 is 0 Å². The Balaban J connectivity index is 1.94. The third kappa shape index (κ3) is 3.22. The number of nitrogens with zero attached hydrogens (tertiary/aromatic N) is 4. The lowest BCUT2D eigenvalue weighted by Gasteiger charge is -2.05. The van der Waals surface area contributed by atoms with Gasteiger partial charge in [0.2, 0.25) is 0 Å². The number of hydrogen-bond acceptors (Lipinski definition) is 4. The molecule has 0 aliphatic carbocycles. The lowest BCUT2D eigenvalue weighted by atomic mass is 10.3. The van der Waals surface area contributed by atoms with Gasteiger partial charge in [-0.3, -0.25) is 4.68 Å². The van der Waals surface area contributed by atoms with Crippen molar-refractivity contribution in [3.8, 4) is 6.07 Å². The molecule has 0 bridgehead atoms. The third-order valence-corrected chi connectivity index (χ3v) is 2.57. The summed E-state index contributed by atoms with van der Waals surface area (Å²) in [5.41, 5.74) is 1.50. The highest BCUT2D eigenvalue weighted by Crippen LogP contribution is 2.13. The van der Waals surface area contributed by atoms with E-state index in [9.17, 15) is 0 Å². The van der Waals surface area contributed by atoms with Gasteiger partial charge in [-0.15, -0.1) is 0 Å². The van der Waals surface area contributed by atoms with Crippen LogP contribution in [0.4, 0.5) is 5.82 Å². The first-order valence-electron chi connectivity index (χ1n) is 5.47. The van der Waals surface area contributed by atoms with Crippen LogP contribution in [-0.2, 0) is 13.5 Å². The van der Waals surface area contributed by atoms with Crippen LogP contribution in [0.1, 0.15) is 11.3 Å². The van der Waals surface area contributed by atoms with Gasteiger partial charge in [0.25, 0.3) is 0 Å². The van der Waals surface area contributed by atoms with Crippen molar-refractivity contribution in [3.63, 3.8) is 0 Å². The summed E-state index contributed by atoms with van der Waals surface area (Å²) in [5.74, 6) is 0.606. The van der Waals surface area contributed by atoms with Crippen LogP contribution in [0.25, 0.3) is 0 Å². The highest BCUT2D eigenvalue weighted by molar-refractivity contribution is 6.29. The zero-order chi connectivity index (χ0) is 13.0. The van der Waals surface area contributed by atoms with E-state index in [2.05, 4.69) is 15.4 Å². The summed E-state index contributed by atoms with van der Waals surface area (Å²) in [6, 6.07) is 7.21. The Labute approximate surface area is 110 Å². The number of hydrogen-bond donors (Lipinski definition) is 1. The molecule has 2 heterocycles. The number of anilines is 1. The molecule has 0 aliphatic rings. The van der Waals surface area contributed by atoms with Crippen molar-refractivity contribution >= 4 is 17.4 Å². The minimum absolute atomic E-state index is 0.314. The zero-order valence-corrected chi connectivity index (χ0v) is 10.6. The number of pyridine rings is 1. The van der Waals surface area contributed by atoms with E-state index in [-0.39, 0.29) is 0 Å². The largest absolute Gasteiger partial charge is 0.370 e. The SMILES string of the molecule is Cn1ccc(CCNc2cc(C#N)cc(Cl)n2)n1. The third-order valence-electron chi connectivity index (χ3n) is 2.38. The Morgan fingerprint density at radius 2 is 2.33 bits per heavy atom. The Kier molecular flexibility index (Phi) is 3.80. The molecule has 0 unspecified atom stereocenters. The summed E-state index contributed by atoms with van der Waals surface area (Å²) in [4.78, 5) is 4.10. The van der Waals surface area contributed by atoms with Gasteiger partial charge in [-0.2, -0.15) is 10.4 Å². The van der Waals surface area contributed by atoms with Gasteiger partial charge < -0.3 is 5.32 Å². The molecular weight excluding hydrogens is 250 g/mol. The minimum Gasteiger partial charge on any atom is -0.370 e. The van der Waals surface area contributed by atoms with E-state index in [1.54, 1.807) is 10.7 Å². The average molecular weight is 262 g/mol. The van der Waals surface area contributed by atoms with Gasteiger partial charge in [0.1, 0.15) is 11.0 Å². The second-order valence-corrected chi connectivity index (χ2v) is 4.22. The van der Waals surface area contributed by atoms with Crippen LogP contribution in [-0.4, -0.2) is 21.3 Å². The molecule has 1 N–H and O–H groups in total. The van der Waals surface area contributed by atoms with Crippen molar-refractivity contribution in [1.82, 2.24) is 14.8 Å². The number of aryl methyl sites for hydroxylation is 1. The molecule has 0 atom stereocenters. The van der Waals surface area contributed by atoms with Crippen LogP contribution in [0, 0.1) is 11.3 Å². The Bertz CT molecular complexity index is 584. The van der Waals surface area contributed by atoms with Crippen molar-refractivity contribution in [2.45, 2.75) is 6.42 Å². The van der Waals surface area contributed by atoms with Gasteiger partial charge >= 0.3 is 0 Å². The maximum Gasteiger partial charge on any atom is 0.132 e. The molecule has 0 aromatic carbocycles. The van der Waals surface area contributed by atoms with Gasteiger partial charge in [-0.1, -0.05) is 11.6 Å². The van der Waals surface area contributed by atoms with E-state index in [1.807, 2.05) is 25.4 Å². The quantitative estimate of drug-likeness (QED) is 0.855. The second-order valence-electron chi connectivity index (χ2n) is 3.83. The van der Waals surface area contributed by atoms with Gasteiger partial charge in [-0.05, 0) is 18.2 Å². The predicted molar refractivity (Wildman–Crippen MR) is 69.4 cm³/mol. The number of nitriles is 1. The normalized spacial score (nSPS) is 10.1. The fourth-order valence-corrected chi connectivity index (χ4v) is 1.78. The molecule has 0 aliphatic heterocycles. The molecule has 0 amide bonds. The van der Waals surface area contributed by atoms with Crippen LogP contribution in [0.5, 0.6) is 0 Å². The number of aromatic nitrogens is 3. The Morgan fingerprint density at radius 3 is 3.00 bits per heavy atom. The molecule has 2 aromatic rings. The summed E-state index contributed by atoms with van der Waals surface area (Å²) >= 11 is 5.81. The highest BCUT2D eigenvalue weighted by Gasteiger charge is 2.01. The van der Waals surface area contributed by atoms with E-state index < -0.39 is 0 Å². The maximum atomic E-state index is 8.82. The molecule has 5 nitrogen and oxygen atoms in total. The van der Waals surface area contributed by atoms with E-state index in [0.717, 1.165) is 12.1 Å². The number of nitrogens with one attached hydrogen (secondary N) is 1. The standard InChI is InChI=1S/C12H12ClN5/c1-18-5-3-10(17-18)2-4-15-12-7-9(8-14)6-11(13)16-12/h3,5-7H,2,4H2,1H3,(H,15,16).